The Morgan fingerprint density at radius 1 is 1.61 bits per heavy atom. The molecule has 2 atom stereocenters. The van der Waals surface area contributed by atoms with Crippen molar-refractivity contribution in [2.75, 3.05) is 13.2 Å². The molecular formula is C13H22BrN3O. The largest absolute Gasteiger partial charge is 0.381 e. The lowest BCUT2D eigenvalue weighted by Crippen LogP contribution is -2.27. The Hall–Kier alpha value is -0.390. The Morgan fingerprint density at radius 3 is 2.94 bits per heavy atom. The molecule has 1 aromatic rings. The van der Waals surface area contributed by atoms with Crippen LogP contribution >= 0.6 is 15.9 Å². The molecule has 2 N–H and O–H groups in total. The van der Waals surface area contributed by atoms with E-state index in [0.29, 0.717) is 5.92 Å². The monoisotopic (exact) mass is 315 g/mol. The zero-order valence-corrected chi connectivity index (χ0v) is 12.7. The predicted molar refractivity (Wildman–Crippen MR) is 75.5 cm³/mol. The molecule has 2 unspecified atom stereocenters. The highest BCUT2D eigenvalue weighted by molar-refractivity contribution is 9.10. The lowest BCUT2D eigenvalue weighted by atomic mass is 9.97. The Kier molecular flexibility index (Phi) is 4.81. The predicted octanol–water partition coefficient (Wildman–Crippen LogP) is 2.04. The molecule has 1 aliphatic rings. The van der Waals surface area contributed by atoms with Crippen molar-refractivity contribution >= 4 is 15.9 Å². The van der Waals surface area contributed by atoms with E-state index < -0.39 is 0 Å². The number of nitrogens with two attached hydrogens (primary N) is 1. The molecule has 0 spiro atoms. The van der Waals surface area contributed by atoms with E-state index in [0.717, 1.165) is 49.1 Å². The Labute approximate surface area is 117 Å². The molecule has 1 aliphatic heterocycles. The van der Waals surface area contributed by atoms with Crippen LogP contribution in [0.2, 0.25) is 0 Å². The van der Waals surface area contributed by atoms with E-state index in [4.69, 9.17) is 10.5 Å². The van der Waals surface area contributed by atoms with E-state index in [1.807, 2.05) is 11.7 Å². The van der Waals surface area contributed by atoms with Crippen LogP contribution in [0.15, 0.2) is 4.47 Å². The molecule has 5 heteroatoms. The van der Waals surface area contributed by atoms with Crippen molar-refractivity contribution in [3.8, 4) is 0 Å². The summed E-state index contributed by atoms with van der Waals surface area (Å²) in [5.41, 5.74) is 8.58. The van der Waals surface area contributed by atoms with Gasteiger partial charge in [-0.2, -0.15) is 5.10 Å². The average molecular weight is 316 g/mol. The normalized spacial score (nSPS) is 21.4. The highest BCUT2D eigenvalue weighted by Gasteiger charge is 2.21. The van der Waals surface area contributed by atoms with Gasteiger partial charge < -0.3 is 10.5 Å². The maximum absolute atomic E-state index is 6.26. The number of hydrogen-bond acceptors (Lipinski definition) is 3. The van der Waals surface area contributed by atoms with Crippen LogP contribution in [-0.2, 0) is 24.6 Å². The maximum Gasteiger partial charge on any atom is 0.0766 e. The molecule has 1 saturated heterocycles. The molecule has 0 amide bonds. The highest BCUT2D eigenvalue weighted by Crippen LogP contribution is 2.24. The van der Waals surface area contributed by atoms with Gasteiger partial charge in [-0.25, -0.2) is 0 Å². The second-order valence-corrected chi connectivity index (χ2v) is 5.91. The van der Waals surface area contributed by atoms with E-state index in [1.54, 1.807) is 0 Å². The fourth-order valence-corrected chi connectivity index (χ4v) is 3.35. The Morgan fingerprint density at radius 2 is 2.39 bits per heavy atom. The molecule has 0 bridgehead atoms. The van der Waals surface area contributed by atoms with Gasteiger partial charge in [0.05, 0.1) is 15.9 Å². The first-order valence-electron chi connectivity index (χ1n) is 6.65. The molecule has 2 heterocycles. The van der Waals surface area contributed by atoms with Gasteiger partial charge in [-0.15, -0.1) is 0 Å². The summed E-state index contributed by atoms with van der Waals surface area (Å²) >= 11 is 3.64. The van der Waals surface area contributed by atoms with Crippen molar-refractivity contribution in [2.24, 2.45) is 18.7 Å². The summed E-state index contributed by atoms with van der Waals surface area (Å²) < 4.78 is 8.48. The molecule has 2 rings (SSSR count). The average Bonchev–Trinajstić information content (AvgIpc) is 2.92. The lowest BCUT2D eigenvalue weighted by Gasteiger charge is -2.15. The van der Waals surface area contributed by atoms with Crippen LogP contribution in [0.1, 0.15) is 31.2 Å². The van der Waals surface area contributed by atoms with Crippen molar-refractivity contribution < 1.29 is 4.74 Å². The molecule has 18 heavy (non-hydrogen) atoms. The van der Waals surface area contributed by atoms with E-state index in [2.05, 4.69) is 28.0 Å². The summed E-state index contributed by atoms with van der Waals surface area (Å²) in [4.78, 5) is 0. The summed E-state index contributed by atoms with van der Waals surface area (Å²) in [5, 5.41) is 4.50. The van der Waals surface area contributed by atoms with Gasteiger partial charge in [-0.1, -0.05) is 6.92 Å². The van der Waals surface area contributed by atoms with Gasteiger partial charge >= 0.3 is 0 Å². The van der Waals surface area contributed by atoms with Gasteiger partial charge in [0.15, 0.2) is 0 Å². The first-order valence-corrected chi connectivity index (χ1v) is 7.44. The van der Waals surface area contributed by atoms with E-state index in [1.165, 1.54) is 5.69 Å². The summed E-state index contributed by atoms with van der Waals surface area (Å²) in [5.74, 6) is 0.637. The van der Waals surface area contributed by atoms with Crippen LogP contribution in [0.5, 0.6) is 0 Å². The third-order valence-electron chi connectivity index (χ3n) is 3.62. The molecule has 0 aromatic carbocycles. The first-order chi connectivity index (χ1) is 8.61. The molecule has 1 fully saturated rings. The van der Waals surface area contributed by atoms with Gasteiger partial charge in [0.25, 0.3) is 0 Å². The van der Waals surface area contributed by atoms with Crippen molar-refractivity contribution in [3.05, 3.63) is 15.9 Å². The molecule has 102 valence electrons. The minimum Gasteiger partial charge on any atom is -0.381 e. The summed E-state index contributed by atoms with van der Waals surface area (Å²) in [6.45, 7) is 3.89. The molecule has 0 aliphatic carbocycles. The van der Waals surface area contributed by atoms with Crippen LogP contribution in [0, 0.1) is 5.92 Å². The van der Waals surface area contributed by atoms with Crippen LogP contribution in [0.4, 0.5) is 0 Å². The SMILES string of the molecule is CCc1nn(C)c(CC(N)CC2CCOC2)c1Br. The summed E-state index contributed by atoms with van der Waals surface area (Å²) in [6, 6.07) is 0.188. The quantitative estimate of drug-likeness (QED) is 0.904. The van der Waals surface area contributed by atoms with E-state index in [9.17, 15) is 0 Å². The topological polar surface area (TPSA) is 53.1 Å². The Bertz CT molecular complexity index is 399. The minimum absolute atomic E-state index is 0.188. The van der Waals surface area contributed by atoms with Gasteiger partial charge in [-0.05, 0) is 41.1 Å². The number of rotatable bonds is 5. The van der Waals surface area contributed by atoms with E-state index in [-0.39, 0.29) is 6.04 Å². The fourth-order valence-electron chi connectivity index (χ4n) is 2.57. The Balaban J connectivity index is 1.97. The van der Waals surface area contributed by atoms with Crippen LogP contribution in [0.25, 0.3) is 0 Å². The van der Waals surface area contributed by atoms with Crippen LogP contribution < -0.4 is 5.73 Å². The second-order valence-electron chi connectivity index (χ2n) is 5.11. The van der Waals surface area contributed by atoms with Gasteiger partial charge in [0.2, 0.25) is 0 Å². The summed E-state index contributed by atoms with van der Waals surface area (Å²) in [7, 11) is 1.99. The minimum atomic E-state index is 0.188. The first kappa shape index (κ1) is 14.0. The van der Waals surface area contributed by atoms with Crippen LogP contribution in [-0.4, -0.2) is 29.0 Å². The van der Waals surface area contributed by atoms with Gasteiger partial charge in [-0.3, -0.25) is 4.68 Å². The molecule has 4 nitrogen and oxygen atoms in total. The maximum atomic E-state index is 6.26. The fraction of sp³-hybridized carbons (Fsp3) is 0.769. The van der Waals surface area contributed by atoms with Crippen molar-refractivity contribution in [2.45, 2.75) is 38.6 Å². The standard InChI is InChI=1S/C13H22BrN3O/c1-3-11-13(14)12(17(2)16-11)7-10(15)6-9-4-5-18-8-9/h9-10H,3-8,15H2,1-2H3. The van der Waals surface area contributed by atoms with Crippen molar-refractivity contribution in [1.82, 2.24) is 9.78 Å². The van der Waals surface area contributed by atoms with Crippen molar-refractivity contribution in [3.63, 3.8) is 0 Å². The van der Waals surface area contributed by atoms with E-state index >= 15 is 0 Å². The molecule has 0 radical (unpaired) electrons. The van der Waals surface area contributed by atoms with Gasteiger partial charge in [0.1, 0.15) is 0 Å². The number of aryl methyl sites for hydroxylation is 2. The zero-order valence-electron chi connectivity index (χ0n) is 11.2. The molecular weight excluding hydrogens is 294 g/mol. The third-order valence-corrected chi connectivity index (χ3v) is 4.53. The molecule has 0 saturated carbocycles. The van der Waals surface area contributed by atoms with Crippen molar-refractivity contribution in [1.29, 1.82) is 0 Å². The molecule has 1 aromatic heterocycles. The number of halogens is 1. The van der Waals surface area contributed by atoms with Crippen LogP contribution in [0.3, 0.4) is 0 Å². The lowest BCUT2D eigenvalue weighted by molar-refractivity contribution is 0.182. The van der Waals surface area contributed by atoms with Gasteiger partial charge in [0, 0.05) is 32.7 Å². The third kappa shape index (κ3) is 3.13. The zero-order chi connectivity index (χ0) is 13.1. The number of hydrogen-bond donors (Lipinski definition) is 1. The highest BCUT2D eigenvalue weighted by atomic mass is 79.9. The second kappa shape index (κ2) is 6.17. The number of nitrogens with zero attached hydrogens (tertiary/aromatic N) is 2. The number of aromatic nitrogens is 2. The summed E-state index contributed by atoms with van der Waals surface area (Å²) in [6.07, 6.45) is 4.01. The smallest absolute Gasteiger partial charge is 0.0766 e. The number of ether oxygens (including phenoxy) is 1.